The van der Waals surface area contributed by atoms with Crippen molar-refractivity contribution in [1.82, 2.24) is 28.7 Å². The fraction of sp³-hybridized carbons (Fsp3) is 0.259. The van der Waals surface area contributed by atoms with Gasteiger partial charge in [0.1, 0.15) is 22.8 Å². The van der Waals surface area contributed by atoms with Gasteiger partial charge in [-0.2, -0.15) is 22.0 Å². The third-order valence-corrected chi connectivity index (χ3v) is 7.92. The Morgan fingerprint density at radius 2 is 1.95 bits per heavy atom. The molecule has 10 nitrogen and oxygen atoms in total. The predicted octanol–water partition coefficient (Wildman–Crippen LogP) is 4.93. The molecule has 43 heavy (non-hydrogen) atoms. The zero-order valence-electron chi connectivity index (χ0n) is 22.2. The number of anilines is 2. The highest BCUT2D eigenvalue weighted by atomic mass is 19.4. The molecule has 2 aliphatic heterocycles. The molecule has 0 radical (unpaired) electrons. The number of likely N-dealkylation sites (N-methyl/N-ethyl adjacent to an activating group) is 1. The Morgan fingerprint density at radius 1 is 1.16 bits per heavy atom. The van der Waals surface area contributed by atoms with Crippen LogP contribution in [0.1, 0.15) is 39.6 Å². The summed E-state index contributed by atoms with van der Waals surface area (Å²) in [4.78, 5) is 28.1. The van der Waals surface area contributed by atoms with E-state index in [9.17, 15) is 26.7 Å². The molecule has 0 aliphatic carbocycles. The summed E-state index contributed by atoms with van der Waals surface area (Å²) in [5, 5.41) is 0. The number of amides is 1. The molecule has 1 amide bonds. The minimum Gasteiger partial charge on any atom is -0.382 e. The number of nitrogens with two attached hydrogens (primary N) is 1. The average molecular weight is 602 g/mol. The van der Waals surface area contributed by atoms with Crippen molar-refractivity contribution < 1.29 is 35.9 Å². The highest BCUT2D eigenvalue weighted by molar-refractivity contribution is 5.98. The lowest BCUT2D eigenvalue weighted by Gasteiger charge is -2.34. The first-order valence-corrected chi connectivity index (χ1v) is 12.9. The van der Waals surface area contributed by atoms with Gasteiger partial charge in [0.25, 0.3) is 12.0 Å². The Morgan fingerprint density at radius 3 is 2.65 bits per heavy atom. The third-order valence-electron chi connectivity index (χ3n) is 7.92. The Hall–Kier alpha value is -4.86. The van der Waals surface area contributed by atoms with Crippen LogP contribution < -0.4 is 10.6 Å². The Balaban J connectivity index is 1.31. The van der Waals surface area contributed by atoms with Gasteiger partial charge < -0.3 is 20.3 Å². The molecule has 0 saturated carbocycles. The van der Waals surface area contributed by atoms with Crippen LogP contribution in [0.5, 0.6) is 0 Å². The molecule has 1 unspecified atom stereocenters. The highest BCUT2D eigenvalue weighted by Crippen LogP contribution is 2.44. The standard InChI is InChI=1S/C27H20F6N8O2/c1-38(26(42)13-6-18-16(7-15(13)28)36-23(34)19-8-35-11-41(18)19)20-10-43-9-14-12(20)2-4-40-21(27(31,32)33)25(37-24(14)40)39-5-3-17(39)22(29)30/h2,4,6-8,11,20H,3,5,9-10H2,1H3,(H2,34,36). The summed E-state index contributed by atoms with van der Waals surface area (Å²) in [6.07, 6.45) is -2.99. The van der Waals surface area contributed by atoms with Gasteiger partial charge in [0.2, 0.25) is 0 Å². The van der Waals surface area contributed by atoms with Gasteiger partial charge in [0.15, 0.2) is 11.5 Å². The largest absolute Gasteiger partial charge is 0.435 e. The van der Waals surface area contributed by atoms with Gasteiger partial charge >= 0.3 is 6.18 Å². The van der Waals surface area contributed by atoms with Crippen LogP contribution in [-0.2, 0) is 17.5 Å². The zero-order chi connectivity index (χ0) is 30.4. The van der Waals surface area contributed by atoms with E-state index in [-0.39, 0.29) is 54.3 Å². The van der Waals surface area contributed by atoms with Gasteiger partial charge in [0.05, 0.1) is 54.1 Å². The molecular formula is C27H20F6N8O2. The number of nitrogen functional groups attached to an aromatic ring is 1. The van der Waals surface area contributed by atoms with Crippen LogP contribution in [0.25, 0.3) is 22.2 Å². The molecule has 7 rings (SSSR count). The third kappa shape index (κ3) is 4.00. The van der Waals surface area contributed by atoms with Gasteiger partial charge in [-0.1, -0.05) is 0 Å². The molecule has 222 valence electrons. The number of rotatable bonds is 3. The molecule has 1 atom stereocenters. The topological polar surface area (TPSA) is 106 Å². The SMILES string of the molecule is CN(C(=O)c1cc2c(cc1F)nc(N)c1cncn12)C1COCc2c1ccn1c(C(F)(F)F)c(N3CCC3=C(F)F)nc21. The summed E-state index contributed by atoms with van der Waals surface area (Å²) in [7, 11) is 1.42. The lowest BCUT2D eigenvalue weighted by molar-refractivity contribution is -0.141. The fourth-order valence-electron chi connectivity index (χ4n) is 5.72. The number of aromatic nitrogens is 5. The number of benzene rings is 1. The van der Waals surface area contributed by atoms with Gasteiger partial charge in [-0.15, -0.1) is 0 Å². The van der Waals surface area contributed by atoms with E-state index in [2.05, 4.69) is 15.0 Å². The van der Waals surface area contributed by atoms with Crippen molar-refractivity contribution in [3.63, 3.8) is 0 Å². The molecule has 1 fully saturated rings. The van der Waals surface area contributed by atoms with Crippen molar-refractivity contribution in [1.29, 1.82) is 0 Å². The minimum atomic E-state index is -4.91. The summed E-state index contributed by atoms with van der Waals surface area (Å²) < 4.78 is 92.6. The van der Waals surface area contributed by atoms with Crippen LogP contribution in [0.2, 0.25) is 0 Å². The van der Waals surface area contributed by atoms with E-state index in [1.165, 1.54) is 36.6 Å². The van der Waals surface area contributed by atoms with Gasteiger partial charge in [0, 0.05) is 37.8 Å². The van der Waals surface area contributed by atoms with Crippen LogP contribution in [0.15, 0.2) is 48.7 Å². The average Bonchev–Trinajstić information content (AvgIpc) is 3.57. The lowest BCUT2D eigenvalue weighted by atomic mass is 9.98. The number of hydrogen-bond acceptors (Lipinski definition) is 7. The summed E-state index contributed by atoms with van der Waals surface area (Å²) in [6, 6.07) is 2.99. The van der Waals surface area contributed by atoms with Crippen LogP contribution in [-0.4, -0.2) is 54.8 Å². The molecule has 6 heterocycles. The molecule has 1 aromatic carbocycles. The van der Waals surface area contributed by atoms with E-state index < -0.39 is 47.2 Å². The van der Waals surface area contributed by atoms with Crippen molar-refractivity contribution in [2.75, 3.05) is 30.8 Å². The van der Waals surface area contributed by atoms with E-state index in [1.807, 2.05) is 0 Å². The van der Waals surface area contributed by atoms with Crippen molar-refractivity contribution in [3.8, 4) is 0 Å². The number of ether oxygens (including phenoxy) is 1. The molecule has 0 bridgehead atoms. The van der Waals surface area contributed by atoms with Crippen LogP contribution in [0.4, 0.5) is 38.0 Å². The number of pyridine rings is 1. The van der Waals surface area contributed by atoms with Gasteiger partial charge in [-0.3, -0.25) is 13.6 Å². The van der Waals surface area contributed by atoms with Crippen molar-refractivity contribution >= 4 is 39.7 Å². The monoisotopic (exact) mass is 602 g/mol. The second-order valence-electron chi connectivity index (χ2n) is 10.2. The second kappa shape index (κ2) is 9.32. The first kappa shape index (κ1) is 27.0. The van der Waals surface area contributed by atoms with E-state index >= 15 is 4.39 Å². The molecule has 16 heteroatoms. The Kier molecular flexibility index (Phi) is 5.85. The maximum Gasteiger partial charge on any atom is 0.435 e. The first-order valence-electron chi connectivity index (χ1n) is 12.9. The fourth-order valence-corrected chi connectivity index (χ4v) is 5.72. The van der Waals surface area contributed by atoms with E-state index in [1.54, 1.807) is 4.40 Å². The quantitative estimate of drug-likeness (QED) is 0.292. The van der Waals surface area contributed by atoms with Crippen LogP contribution in [0.3, 0.4) is 0 Å². The number of carbonyl (C=O) groups excluding carboxylic acids is 1. The molecule has 1 saturated heterocycles. The van der Waals surface area contributed by atoms with Crippen molar-refractivity contribution in [2.24, 2.45) is 0 Å². The molecule has 4 aromatic heterocycles. The predicted molar refractivity (Wildman–Crippen MR) is 141 cm³/mol. The highest BCUT2D eigenvalue weighted by Gasteiger charge is 2.44. The smallest absolute Gasteiger partial charge is 0.382 e. The maximum absolute atomic E-state index is 15.3. The summed E-state index contributed by atoms with van der Waals surface area (Å²) in [5.41, 5.74) is 5.54. The molecule has 2 aliphatic rings. The minimum absolute atomic E-state index is 0.0315. The zero-order valence-corrected chi connectivity index (χ0v) is 22.2. The number of alkyl halides is 3. The molecule has 0 spiro atoms. The summed E-state index contributed by atoms with van der Waals surface area (Å²) >= 11 is 0. The Bertz CT molecular complexity index is 2010. The molecule has 2 N–H and O–H groups in total. The van der Waals surface area contributed by atoms with E-state index in [0.717, 1.165) is 21.6 Å². The summed E-state index contributed by atoms with van der Waals surface area (Å²) in [6.45, 7) is -0.221. The maximum atomic E-state index is 15.3. The molecular weight excluding hydrogens is 582 g/mol. The number of nitrogens with zero attached hydrogens (tertiary/aromatic N) is 7. The number of imidazole rings is 2. The molecule has 5 aromatic rings. The number of hydrogen-bond donors (Lipinski definition) is 1. The number of fused-ring (bicyclic) bond motifs is 6. The van der Waals surface area contributed by atoms with Gasteiger partial charge in [-0.05, 0) is 17.7 Å². The normalized spacial score (nSPS) is 17.0. The van der Waals surface area contributed by atoms with Crippen LogP contribution in [0, 0.1) is 5.82 Å². The van der Waals surface area contributed by atoms with Gasteiger partial charge in [-0.25, -0.2) is 19.3 Å². The van der Waals surface area contributed by atoms with E-state index in [0.29, 0.717) is 16.6 Å². The number of carbonyl (C=O) groups is 1. The Labute approximate surface area is 237 Å². The number of halogens is 6. The summed E-state index contributed by atoms with van der Waals surface area (Å²) in [5.74, 6) is -2.08. The first-order chi connectivity index (χ1) is 20.5. The van der Waals surface area contributed by atoms with Crippen molar-refractivity contribution in [3.05, 3.63) is 76.9 Å². The van der Waals surface area contributed by atoms with Crippen LogP contribution >= 0.6 is 0 Å². The second-order valence-corrected chi connectivity index (χ2v) is 10.2. The van der Waals surface area contributed by atoms with Crippen molar-refractivity contribution in [2.45, 2.75) is 25.2 Å². The van der Waals surface area contributed by atoms with E-state index in [4.69, 9.17) is 10.5 Å². The lowest BCUT2D eigenvalue weighted by Crippen LogP contribution is -2.37.